The predicted molar refractivity (Wildman–Crippen MR) is 109 cm³/mol. The van der Waals surface area contributed by atoms with Crippen LogP contribution in [0.5, 0.6) is 5.75 Å². The van der Waals surface area contributed by atoms with E-state index in [4.69, 9.17) is 9.84 Å². The Morgan fingerprint density at radius 3 is 2.79 bits per heavy atom. The maximum absolute atomic E-state index is 9.11. The van der Waals surface area contributed by atoms with E-state index >= 15 is 0 Å². The molecule has 1 unspecified atom stereocenters. The fourth-order valence-electron chi connectivity index (χ4n) is 2.25. The van der Waals surface area contributed by atoms with Crippen LogP contribution in [0.4, 0.5) is 0 Å². The molecule has 0 saturated heterocycles. The first kappa shape index (κ1) is 22.9. The quantitative estimate of drug-likeness (QED) is 0.209. The van der Waals surface area contributed by atoms with Gasteiger partial charge in [-0.1, -0.05) is 13.3 Å². The lowest BCUT2D eigenvalue weighted by atomic mass is 10.0. The number of hydrogen-bond acceptors (Lipinski definition) is 4. The second-order valence-corrected chi connectivity index (χ2v) is 5.35. The van der Waals surface area contributed by atoms with Crippen LogP contribution < -0.4 is 15.4 Å². The monoisotopic (exact) mass is 450 g/mol. The highest BCUT2D eigenvalue weighted by Crippen LogP contribution is 2.11. The van der Waals surface area contributed by atoms with Gasteiger partial charge in [0, 0.05) is 25.9 Å². The fraction of sp³-hybridized carbons (Fsp3) is 0.647. The number of aliphatic imine (C=N–C) groups is 1. The van der Waals surface area contributed by atoms with Crippen molar-refractivity contribution < 1.29 is 9.84 Å². The summed E-state index contributed by atoms with van der Waals surface area (Å²) in [5.41, 5.74) is 0. The molecule has 3 N–H and O–H groups in total. The standard InChI is InChI=1S/C17H30N4O2.HI/c1-3-6-15(8-11-22)13-21-17(19-4-2)20-10-12-23-16-7-5-9-18-14-16;/h5,7,9,14-15,22H,3-4,6,8,10-13H2,1-2H3,(H2,19,20,21);1H. The van der Waals surface area contributed by atoms with Crippen LogP contribution in [0.2, 0.25) is 0 Å². The molecule has 0 aliphatic carbocycles. The van der Waals surface area contributed by atoms with Crippen LogP contribution in [0, 0.1) is 5.92 Å². The van der Waals surface area contributed by atoms with Gasteiger partial charge in [-0.25, -0.2) is 0 Å². The third-order valence-corrected chi connectivity index (χ3v) is 3.38. The molecule has 0 bridgehead atoms. The Balaban J connectivity index is 0.00000529. The number of aromatic nitrogens is 1. The number of ether oxygens (including phenoxy) is 1. The van der Waals surface area contributed by atoms with Crippen LogP contribution in [0.25, 0.3) is 0 Å². The van der Waals surface area contributed by atoms with Gasteiger partial charge in [0.1, 0.15) is 12.4 Å². The van der Waals surface area contributed by atoms with E-state index in [0.717, 1.165) is 44.1 Å². The summed E-state index contributed by atoms with van der Waals surface area (Å²) in [6.45, 7) is 7.18. The van der Waals surface area contributed by atoms with E-state index in [2.05, 4.69) is 27.5 Å². The first-order chi connectivity index (χ1) is 11.3. The molecule has 0 amide bonds. The van der Waals surface area contributed by atoms with Gasteiger partial charge in [-0.2, -0.15) is 0 Å². The zero-order valence-electron chi connectivity index (χ0n) is 14.7. The molecule has 6 nitrogen and oxygen atoms in total. The Morgan fingerprint density at radius 1 is 1.33 bits per heavy atom. The number of pyridine rings is 1. The number of guanidine groups is 1. The summed E-state index contributed by atoms with van der Waals surface area (Å²) >= 11 is 0. The molecule has 0 aromatic carbocycles. The smallest absolute Gasteiger partial charge is 0.191 e. The Kier molecular flexibility index (Phi) is 14.7. The van der Waals surface area contributed by atoms with Crippen molar-refractivity contribution >= 4 is 29.9 Å². The average molecular weight is 450 g/mol. The van der Waals surface area contributed by atoms with Crippen molar-refractivity contribution in [2.45, 2.75) is 33.1 Å². The van der Waals surface area contributed by atoms with Crippen LogP contribution in [0.3, 0.4) is 0 Å². The van der Waals surface area contributed by atoms with Crippen molar-refractivity contribution in [1.29, 1.82) is 0 Å². The normalized spacial score (nSPS) is 12.2. The van der Waals surface area contributed by atoms with Crippen LogP contribution in [-0.2, 0) is 0 Å². The number of nitrogens with one attached hydrogen (secondary N) is 2. The van der Waals surface area contributed by atoms with Crippen molar-refractivity contribution in [2.75, 3.05) is 32.8 Å². The van der Waals surface area contributed by atoms with Crippen molar-refractivity contribution in [1.82, 2.24) is 15.6 Å². The van der Waals surface area contributed by atoms with Gasteiger partial charge in [-0.05, 0) is 37.8 Å². The summed E-state index contributed by atoms with van der Waals surface area (Å²) in [6, 6.07) is 3.74. The molecule has 1 atom stereocenters. The first-order valence-electron chi connectivity index (χ1n) is 8.46. The number of halogens is 1. The highest BCUT2D eigenvalue weighted by Gasteiger charge is 2.07. The van der Waals surface area contributed by atoms with Crippen molar-refractivity contribution in [3.05, 3.63) is 24.5 Å². The second-order valence-electron chi connectivity index (χ2n) is 5.35. The van der Waals surface area contributed by atoms with E-state index < -0.39 is 0 Å². The first-order valence-corrected chi connectivity index (χ1v) is 8.46. The zero-order chi connectivity index (χ0) is 16.8. The predicted octanol–water partition coefficient (Wildman–Crippen LogP) is 2.43. The minimum atomic E-state index is 0. The SMILES string of the molecule is CCCC(CCO)CN=C(NCC)NCCOc1cccnc1.I. The molecule has 1 aromatic rings. The molecule has 1 rings (SSSR count). The van der Waals surface area contributed by atoms with Crippen LogP contribution >= 0.6 is 24.0 Å². The number of aliphatic hydroxyl groups excluding tert-OH is 1. The summed E-state index contributed by atoms with van der Waals surface area (Å²) in [5.74, 6) is 2.00. The van der Waals surface area contributed by atoms with E-state index in [1.165, 1.54) is 0 Å². The van der Waals surface area contributed by atoms with E-state index in [0.29, 0.717) is 19.1 Å². The third-order valence-electron chi connectivity index (χ3n) is 3.38. The van der Waals surface area contributed by atoms with Crippen molar-refractivity contribution in [2.24, 2.45) is 10.9 Å². The number of nitrogens with zero attached hydrogens (tertiary/aromatic N) is 2. The van der Waals surface area contributed by atoms with E-state index in [9.17, 15) is 0 Å². The highest BCUT2D eigenvalue weighted by atomic mass is 127. The Bertz CT molecular complexity index is 426. The largest absolute Gasteiger partial charge is 0.490 e. The third kappa shape index (κ3) is 10.6. The molecule has 7 heteroatoms. The number of aliphatic hydroxyl groups is 1. The van der Waals surface area contributed by atoms with E-state index in [1.54, 1.807) is 12.4 Å². The molecule has 0 saturated carbocycles. The van der Waals surface area contributed by atoms with Gasteiger partial charge in [-0.3, -0.25) is 9.98 Å². The maximum atomic E-state index is 9.11. The van der Waals surface area contributed by atoms with Gasteiger partial charge in [0.2, 0.25) is 0 Å². The molecular weight excluding hydrogens is 419 g/mol. The molecule has 24 heavy (non-hydrogen) atoms. The highest BCUT2D eigenvalue weighted by molar-refractivity contribution is 14.0. The lowest BCUT2D eigenvalue weighted by Gasteiger charge is -2.15. The van der Waals surface area contributed by atoms with Gasteiger partial charge < -0.3 is 20.5 Å². The molecule has 138 valence electrons. The van der Waals surface area contributed by atoms with Gasteiger partial charge in [-0.15, -0.1) is 24.0 Å². The molecule has 0 aliphatic heterocycles. The lowest BCUT2D eigenvalue weighted by Crippen LogP contribution is -2.39. The second kappa shape index (κ2) is 15.4. The molecule has 0 aliphatic rings. The molecular formula is C17H31IN4O2. The van der Waals surface area contributed by atoms with Gasteiger partial charge in [0.15, 0.2) is 5.96 Å². The molecule has 1 heterocycles. The minimum Gasteiger partial charge on any atom is -0.490 e. The lowest BCUT2D eigenvalue weighted by molar-refractivity contribution is 0.253. The van der Waals surface area contributed by atoms with Gasteiger partial charge in [0.25, 0.3) is 0 Å². The van der Waals surface area contributed by atoms with Crippen LogP contribution in [0.15, 0.2) is 29.5 Å². The van der Waals surface area contributed by atoms with E-state index in [1.807, 2.05) is 19.1 Å². The van der Waals surface area contributed by atoms with E-state index in [-0.39, 0.29) is 30.6 Å². The zero-order valence-corrected chi connectivity index (χ0v) is 17.0. The fourth-order valence-corrected chi connectivity index (χ4v) is 2.25. The van der Waals surface area contributed by atoms with Crippen LogP contribution in [-0.4, -0.2) is 48.9 Å². The summed E-state index contributed by atoms with van der Waals surface area (Å²) in [4.78, 5) is 8.62. The van der Waals surface area contributed by atoms with Crippen molar-refractivity contribution in [3.63, 3.8) is 0 Å². The summed E-state index contributed by atoms with van der Waals surface area (Å²) in [6.07, 6.45) is 6.43. The average Bonchev–Trinajstić information content (AvgIpc) is 2.57. The summed E-state index contributed by atoms with van der Waals surface area (Å²) < 4.78 is 5.60. The molecule has 0 radical (unpaired) electrons. The topological polar surface area (TPSA) is 78.8 Å². The minimum absolute atomic E-state index is 0. The van der Waals surface area contributed by atoms with Gasteiger partial charge in [0.05, 0.1) is 12.7 Å². The Morgan fingerprint density at radius 2 is 2.17 bits per heavy atom. The molecule has 1 aromatic heterocycles. The summed E-state index contributed by atoms with van der Waals surface area (Å²) in [5, 5.41) is 15.6. The van der Waals surface area contributed by atoms with Gasteiger partial charge >= 0.3 is 0 Å². The van der Waals surface area contributed by atoms with Crippen molar-refractivity contribution in [3.8, 4) is 5.75 Å². The Hall–Kier alpha value is -1.09. The Labute approximate surface area is 162 Å². The number of hydrogen-bond donors (Lipinski definition) is 3. The maximum Gasteiger partial charge on any atom is 0.191 e. The summed E-state index contributed by atoms with van der Waals surface area (Å²) in [7, 11) is 0. The molecule has 0 spiro atoms. The number of rotatable bonds is 11. The molecule has 0 fully saturated rings. The van der Waals surface area contributed by atoms with Crippen LogP contribution in [0.1, 0.15) is 33.1 Å².